The summed E-state index contributed by atoms with van der Waals surface area (Å²) in [7, 11) is 0. The van der Waals surface area contributed by atoms with E-state index < -0.39 is 0 Å². The monoisotopic (exact) mass is 484 g/mol. The maximum absolute atomic E-state index is 3.75. The standard InChI is InChI=1S/C12H19B.2C5H5.Hf/c1-2-3-10-13-11-6-4-7-12(13)9-5-8-11;2*1-2-4-5-3-1;/h2-3,10-12H,1,4-9H2;2*1-5H;/q-2;;;+4/b3-2-;;;. The van der Waals surface area contributed by atoms with Crippen LogP contribution < -0.4 is 0 Å². The molecule has 0 spiro atoms. The van der Waals surface area contributed by atoms with Crippen LogP contribution in [0.1, 0.15) is 38.5 Å². The van der Waals surface area contributed by atoms with Gasteiger partial charge in [-0.05, 0) is 64.2 Å². The van der Waals surface area contributed by atoms with Crippen LogP contribution in [0.5, 0.6) is 0 Å². The molecule has 0 unspecified atom stereocenters. The molecule has 2 saturated heterocycles. The van der Waals surface area contributed by atoms with E-state index in [1.807, 2.05) is 70.3 Å². The molecule has 10 radical (unpaired) electrons. The van der Waals surface area contributed by atoms with E-state index in [0.29, 0.717) is 0 Å². The Balaban J connectivity index is 0.000000216. The Morgan fingerprint density at radius 2 is 1.04 bits per heavy atom. The van der Waals surface area contributed by atoms with Crippen molar-refractivity contribution < 1.29 is 25.8 Å². The third kappa shape index (κ3) is 8.68. The van der Waals surface area contributed by atoms with Crippen molar-refractivity contribution in [3.8, 4) is 0 Å². The van der Waals surface area contributed by atoms with Crippen molar-refractivity contribution in [1.82, 2.24) is 0 Å². The molecule has 0 nitrogen and oxygen atoms in total. The molecule has 4 aliphatic rings. The Morgan fingerprint density at radius 1 is 0.708 bits per heavy atom. The fourth-order valence-electron chi connectivity index (χ4n) is 3.89. The quantitative estimate of drug-likeness (QED) is 0.347. The van der Waals surface area contributed by atoms with Gasteiger partial charge in [0.15, 0.2) is 0 Å². The van der Waals surface area contributed by atoms with Crippen LogP contribution in [0.2, 0.25) is 11.6 Å². The van der Waals surface area contributed by atoms with E-state index in [2.05, 4.69) is 19.3 Å². The van der Waals surface area contributed by atoms with E-state index in [-0.39, 0.29) is 25.8 Å². The number of rotatable bonds is 2. The van der Waals surface area contributed by atoms with Gasteiger partial charge in [-0.25, -0.2) is 0 Å². The minimum Gasteiger partial charge on any atom is -0.384 e. The largest absolute Gasteiger partial charge is 4.00 e. The first-order valence-electron chi connectivity index (χ1n) is 9.04. The molecule has 4 fully saturated rings. The molecule has 122 valence electrons. The van der Waals surface area contributed by atoms with Gasteiger partial charge in [-0.15, -0.1) is 0 Å². The van der Waals surface area contributed by atoms with Crippen molar-refractivity contribution in [2.75, 3.05) is 0 Å². The van der Waals surface area contributed by atoms with Crippen molar-refractivity contribution in [2.24, 2.45) is 0 Å². The second-order valence-electron chi connectivity index (χ2n) is 6.50. The summed E-state index contributed by atoms with van der Waals surface area (Å²) in [6.07, 6.45) is 35.4. The van der Waals surface area contributed by atoms with E-state index in [9.17, 15) is 0 Å². The fraction of sp³-hybridized carbons (Fsp3) is 0.364. The first-order valence-corrected chi connectivity index (χ1v) is 9.04. The smallest absolute Gasteiger partial charge is 0.384 e. The van der Waals surface area contributed by atoms with Crippen LogP contribution in [0.3, 0.4) is 0 Å². The summed E-state index contributed by atoms with van der Waals surface area (Å²) in [6.45, 7) is 4.64. The van der Waals surface area contributed by atoms with Crippen molar-refractivity contribution in [2.45, 2.75) is 50.2 Å². The minimum absolute atomic E-state index is 0. The molecular formula is C22H29BHf+2. The molecule has 0 aromatic rings. The summed E-state index contributed by atoms with van der Waals surface area (Å²) in [5.74, 6) is 2.01. The first kappa shape index (κ1) is 22.5. The molecule has 2 heterocycles. The molecule has 0 aromatic heterocycles. The Labute approximate surface area is 171 Å². The fourth-order valence-corrected chi connectivity index (χ4v) is 3.89. The molecule has 24 heavy (non-hydrogen) atoms. The summed E-state index contributed by atoms with van der Waals surface area (Å²) in [6, 6.07) is 0. The van der Waals surface area contributed by atoms with E-state index in [1.165, 1.54) is 38.5 Å². The van der Waals surface area contributed by atoms with Gasteiger partial charge in [0.25, 0.3) is 0 Å². The van der Waals surface area contributed by atoms with Gasteiger partial charge in [-0.3, -0.25) is 0 Å². The van der Waals surface area contributed by atoms with Crippen LogP contribution in [0, 0.1) is 77.5 Å². The maximum Gasteiger partial charge on any atom is 4.00 e. The SMILES string of the molecule is [CH2-]/C=C\[CH-]B1C2CCCC1CCC2.[CH]1[CH][CH][CH][CH]1.[CH]1[CH][CH][CH][CH]1.[Hf+4]. The van der Waals surface area contributed by atoms with Gasteiger partial charge in [0.05, 0.1) is 6.71 Å². The number of allylic oxidation sites excluding steroid dienone is 2. The normalized spacial score (nSPS) is 28.2. The molecular weight excluding hydrogens is 454 g/mol. The van der Waals surface area contributed by atoms with Crippen molar-refractivity contribution >= 4 is 6.71 Å². The number of hydrogen-bond acceptors (Lipinski definition) is 0. The van der Waals surface area contributed by atoms with Gasteiger partial charge in [0.2, 0.25) is 0 Å². The summed E-state index contributed by atoms with van der Waals surface area (Å²) >= 11 is 0. The van der Waals surface area contributed by atoms with Gasteiger partial charge in [0.1, 0.15) is 0 Å². The molecule has 2 heteroatoms. The molecule has 0 atom stereocenters. The first-order chi connectivity index (χ1) is 11.4. The zero-order valence-corrected chi connectivity index (χ0v) is 18.3. The molecule has 0 amide bonds. The number of hydrogen-bond donors (Lipinski definition) is 0. The van der Waals surface area contributed by atoms with Crippen LogP contribution >= 0.6 is 0 Å². The third-order valence-electron chi connectivity index (χ3n) is 4.97. The minimum atomic E-state index is 0. The summed E-state index contributed by atoms with van der Waals surface area (Å²) in [5, 5.41) is 0. The van der Waals surface area contributed by atoms with Gasteiger partial charge >= 0.3 is 25.8 Å². The maximum atomic E-state index is 3.75. The number of fused-ring (bicyclic) bond motifs is 2. The zero-order valence-electron chi connectivity index (χ0n) is 14.7. The van der Waals surface area contributed by atoms with Gasteiger partial charge in [-0.2, -0.15) is 0 Å². The van der Waals surface area contributed by atoms with Crippen LogP contribution in [-0.2, 0) is 25.8 Å². The summed E-state index contributed by atoms with van der Waals surface area (Å²) in [5.41, 5.74) is 0. The van der Waals surface area contributed by atoms with Crippen LogP contribution in [-0.4, -0.2) is 6.71 Å². The topological polar surface area (TPSA) is 0 Å². The Bertz CT molecular complexity index is 260. The Morgan fingerprint density at radius 3 is 1.33 bits per heavy atom. The van der Waals surface area contributed by atoms with Gasteiger partial charge in [-0.1, -0.05) is 50.2 Å². The molecule has 4 rings (SSSR count). The van der Waals surface area contributed by atoms with E-state index in [4.69, 9.17) is 0 Å². The zero-order chi connectivity index (χ0) is 16.2. The molecule has 2 saturated carbocycles. The van der Waals surface area contributed by atoms with E-state index >= 15 is 0 Å². The second-order valence-corrected chi connectivity index (χ2v) is 6.50. The Hall–Kier alpha value is 0.415. The van der Waals surface area contributed by atoms with Crippen molar-refractivity contribution in [3.05, 3.63) is 89.6 Å². The third-order valence-corrected chi connectivity index (χ3v) is 4.97. The molecule has 2 bridgehead atoms. The average Bonchev–Trinajstić information content (AvgIpc) is 3.30. The summed E-state index contributed by atoms with van der Waals surface area (Å²) < 4.78 is 0. The van der Waals surface area contributed by atoms with Crippen LogP contribution in [0.4, 0.5) is 0 Å². The van der Waals surface area contributed by atoms with E-state index in [1.54, 1.807) is 0 Å². The molecule has 0 N–H and O–H groups in total. The van der Waals surface area contributed by atoms with Crippen molar-refractivity contribution in [3.63, 3.8) is 0 Å². The summed E-state index contributed by atoms with van der Waals surface area (Å²) in [4.78, 5) is 0. The van der Waals surface area contributed by atoms with Gasteiger partial charge in [0, 0.05) is 0 Å². The predicted molar refractivity (Wildman–Crippen MR) is 103 cm³/mol. The molecule has 0 aromatic carbocycles. The predicted octanol–water partition coefficient (Wildman–Crippen LogP) is 5.76. The van der Waals surface area contributed by atoms with Gasteiger partial charge < -0.3 is 25.4 Å². The van der Waals surface area contributed by atoms with Crippen LogP contribution in [0.25, 0.3) is 0 Å². The van der Waals surface area contributed by atoms with Crippen LogP contribution in [0.15, 0.2) is 12.2 Å². The average molecular weight is 483 g/mol. The molecule has 2 aliphatic carbocycles. The van der Waals surface area contributed by atoms with Crippen molar-refractivity contribution in [1.29, 1.82) is 0 Å². The Kier molecular flexibility index (Phi) is 13.6. The van der Waals surface area contributed by atoms with E-state index in [0.717, 1.165) is 18.3 Å². The molecule has 2 aliphatic heterocycles. The second kappa shape index (κ2) is 14.6.